The highest BCUT2D eigenvalue weighted by molar-refractivity contribution is 5.32. The molecule has 0 aliphatic carbocycles. The highest BCUT2D eigenvalue weighted by Gasteiger charge is 2.23. The van der Waals surface area contributed by atoms with Crippen LogP contribution in [-0.2, 0) is 4.74 Å². The second-order valence-corrected chi connectivity index (χ2v) is 5.86. The van der Waals surface area contributed by atoms with Gasteiger partial charge in [-0.1, -0.05) is 30.7 Å². The molecule has 1 aromatic carbocycles. The van der Waals surface area contributed by atoms with E-state index >= 15 is 0 Å². The van der Waals surface area contributed by atoms with E-state index in [1.165, 1.54) is 5.56 Å². The van der Waals surface area contributed by atoms with E-state index in [9.17, 15) is 5.11 Å². The molecule has 2 rings (SSSR count). The maximum atomic E-state index is 10.6. The number of aliphatic hydroxyl groups excluding tert-OH is 1. The predicted molar refractivity (Wildman–Crippen MR) is 81.9 cm³/mol. The van der Waals surface area contributed by atoms with Crippen LogP contribution in [0.4, 0.5) is 0 Å². The van der Waals surface area contributed by atoms with E-state index in [2.05, 4.69) is 38.2 Å². The van der Waals surface area contributed by atoms with Crippen LogP contribution in [0.3, 0.4) is 0 Å². The number of aryl methyl sites for hydroxylation is 2. The molecular formula is C17H27NO2. The first kappa shape index (κ1) is 15.5. The summed E-state index contributed by atoms with van der Waals surface area (Å²) in [5.41, 5.74) is 3.43. The molecule has 1 heterocycles. The molecule has 3 heteroatoms. The molecule has 3 atom stereocenters. The SMILES string of the molecule is CCC(NCC1CCCO1)C(O)c1ccc(C)cc1C. The summed E-state index contributed by atoms with van der Waals surface area (Å²) in [6, 6.07) is 6.33. The molecule has 0 radical (unpaired) electrons. The van der Waals surface area contributed by atoms with Crippen LogP contribution in [0.2, 0.25) is 0 Å². The van der Waals surface area contributed by atoms with Crippen molar-refractivity contribution in [3.05, 3.63) is 34.9 Å². The minimum Gasteiger partial charge on any atom is -0.387 e. The van der Waals surface area contributed by atoms with Crippen molar-refractivity contribution in [1.29, 1.82) is 0 Å². The lowest BCUT2D eigenvalue weighted by molar-refractivity contribution is 0.0864. The van der Waals surface area contributed by atoms with Crippen molar-refractivity contribution < 1.29 is 9.84 Å². The number of hydrogen-bond acceptors (Lipinski definition) is 3. The van der Waals surface area contributed by atoms with E-state index in [1.807, 2.05) is 6.07 Å². The highest BCUT2D eigenvalue weighted by Crippen LogP contribution is 2.23. The minimum absolute atomic E-state index is 0.0839. The zero-order valence-electron chi connectivity index (χ0n) is 12.9. The molecule has 1 saturated heterocycles. The quantitative estimate of drug-likeness (QED) is 0.840. The second-order valence-electron chi connectivity index (χ2n) is 5.86. The number of rotatable bonds is 6. The lowest BCUT2D eigenvalue weighted by atomic mass is 9.95. The number of benzene rings is 1. The lowest BCUT2D eigenvalue weighted by Gasteiger charge is -2.26. The average Bonchev–Trinajstić information content (AvgIpc) is 2.92. The fourth-order valence-electron chi connectivity index (χ4n) is 2.94. The van der Waals surface area contributed by atoms with Crippen LogP contribution in [0.5, 0.6) is 0 Å². The topological polar surface area (TPSA) is 41.5 Å². The molecule has 1 aliphatic rings. The number of hydrogen-bond donors (Lipinski definition) is 2. The maximum Gasteiger partial charge on any atom is 0.0945 e. The number of nitrogens with one attached hydrogen (secondary N) is 1. The van der Waals surface area contributed by atoms with Crippen molar-refractivity contribution >= 4 is 0 Å². The van der Waals surface area contributed by atoms with Gasteiger partial charge in [-0.15, -0.1) is 0 Å². The summed E-state index contributed by atoms with van der Waals surface area (Å²) < 4.78 is 5.63. The van der Waals surface area contributed by atoms with Crippen molar-refractivity contribution in [1.82, 2.24) is 5.32 Å². The normalized spacial score (nSPS) is 21.9. The molecule has 3 nitrogen and oxygen atoms in total. The van der Waals surface area contributed by atoms with Gasteiger partial charge in [-0.05, 0) is 44.2 Å². The van der Waals surface area contributed by atoms with Gasteiger partial charge in [-0.2, -0.15) is 0 Å². The first-order valence-electron chi connectivity index (χ1n) is 7.72. The third kappa shape index (κ3) is 3.81. The van der Waals surface area contributed by atoms with E-state index in [1.54, 1.807) is 0 Å². The van der Waals surface area contributed by atoms with Crippen LogP contribution < -0.4 is 5.32 Å². The Balaban J connectivity index is 1.98. The number of ether oxygens (including phenoxy) is 1. The minimum atomic E-state index is -0.456. The lowest BCUT2D eigenvalue weighted by Crippen LogP contribution is -2.39. The van der Waals surface area contributed by atoms with Gasteiger partial charge < -0.3 is 15.2 Å². The van der Waals surface area contributed by atoms with Crippen LogP contribution in [0.1, 0.15) is 49.0 Å². The van der Waals surface area contributed by atoms with Gasteiger partial charge in [0.2, 0.25) is 0 Å². The van der Waals surface area contributed by atoms with Gasteiger partial charge in [0.1, 0.15) is 0 Å². The van der Waals surface area contributed by atoms with Gasteiger partial charge >= 0.3 is 0 Å². The summed E-state index contributed by atoms with van der Waals surface area (Å²) in [5.74, 6) is 0. The summed E-state index contributed by atoms with van der Waals surface area (Å²) in [4.78, 5) is 0. The Bertz CT molecular complexity index is 427. The Morgan fingerprint density at radius 1 is 1.40 bits per heavy atom. The summed E-state index contributed by atoms with van der Waals surface area (Å²) in [6.07, 6.45) is 3.05. The third-order valence-corrected chi connectivity index (χ3v) is 4.20. The van der Waals surface area contributed by atoms with Gasteiger partial charge in [0.25, 0.3) is 0 Å². The zero-order chi connectivity index (χ0) is 14.5. The predicted octanol–water partition coefficient (Wildman–Crippen LogP) is 2.88. The standard InChI is InChI=1S/C17H27NO2/c1-4-16(18-11-14-6-5-9-20-14)17(19)15-8-7-12(2)10-13(15)3/h7-8,10,14,16-19H,4-6,9,11H2,1-3H3. The Hall–Kier alpha value is -0.900. The van der Waals surface area contributed by atoms with Crippen molar-refractivity contribution in [3.8, 4) is 0 Å². The Labute approximate surface area is 122 Å². The molecule has 0 spiro atoms. The summed E-state index contributed by atoms with van der Waals surface area (Å²) in [5, 5.41) is 14.1. The van der Waals surface area contributed by atoms with Crippen LogP contribution in [0.15, 0.2) is 18.2 Å². The fourth-order valence-corrected chi connectivity index (χ4v) is 2.94. The molecule has 0 bridgehead atoms. The first-order chi connectivity index (χ1) is 9.61. The van der Waals surface area contributed by atoms with Gasteiger partial charge in [0.05, 0.1) is 12.2 Å². The fraction of sp³-hybridized carbons (Fsp3) is 0.647. The van der Waals surface area contributed by atoms with Crippen molar-refractivity contribution in [3.63, 3.8) is 0 Å². The molecule has 1 aromatic rings. The average molecular weight is 277 g/mol. The molecule has 20 heavy (non-hydrogen) atoms. The first-order valence-corrected chi connectivity index (χ1v) is 7.72. The van der Waals surface area contributed by atoms with Crippen molar-refractivity contribution in [2.75, 3.05) is 13.2 Å². The zero-order valence-corrected chi connectivity index (χ0v) is 12.9. The molecule has 1 fully saturated rings. The van der Waals surface area contributed by atoms with Crippen molar-refractivity contribution in [2.45, 2.75) is 58.3 Å². The molecular weight excluding hydrogens is 250 g/mol. The highest BCUT2D eigenvalue weighted by atomic mass is 16.5. The second kappa shape index (κ2) is 7.21. The molecule has 1 aliphatic heterocycles. The Morgan fingerprint density at radius 2 is 2.20 bits per heavy atom. The van der Waals surface area contributed by atoms with Gasteiger partial charge in [-0.3, -0.25) is 0 Å². The Morgan fingerprint density at radius 3 is 2.80 bits per heavy atom. The molecule has 3 unspecified atom stereocenters. The Kier molecular flexibility index (Phi) is 5.58. The smallest absolute Gasteiger partial charge is 0.0945 e. The largest absolute Gasteiger partial charge is 0.387 e. The van der Waals surface area contributed by atoms with Gasteiger partial charge in [-0.25, -0.2) is 0 Å². The van der Waals surface area contributed by atoms with E-state index < -0.39 is 6.10 Å². The monoisotopic (exact) mass is 277 g/mol. The third-order valence-electron chi connectivity index (χ3n) is 4.20. The van der Waals surface area contributed by atoms with Crippen LogP contribution >= 0.6 is 0 Å². The van der Waals surface area contributed by atoms with E-state index in [0.29, 0.717) is 6.10 Å². The van der Waals surface area contributed by atoms with Crippen LogP contribution in [0.25, 0.3) is 0 Å². The van der Waals surface area contributed by atoms with Crippen LogP contribution in [0, 0.1) is 13.8 Å². The van der Waals surface area contributed by atoms with Crippen molar-refractivity contribution in [2.24, 2.45) is 0 Å². The van der Waals surface area contributed by atoms with E-state index in [-0.39, 0.29) is 6.04 Å². The molecule has 2 N–H and O–H groups in total. The molecule has 0 amide bonds. The molecule has 112 valence electrons. The molecule has 0 saturated carbocycles. The van der Waals surface area contributed by atoms with E-state index in [4.69, 9.17) is 4.74 Å². The van der Waals surface area contributed by atoms with Crippen LogP contribution in [-0.4, -0.2) is 30.4 Å². The summed E-state index contributed by atoms with van der Waals surface area (Å²) >= 11 is 0. The summed E-state index contributed by atoms with van der Waals surface area (Å²) in [7, 11) is 0. The number of aliphatic hydroxyl groups is 1. The summed E-state index contributed by atoms with van der Waals surface area (Å²) in [6.45, 7) is 7.97. The van der Waals surface area contributed by atoms with Gasteiger partial charge in [0.15, 0.2) is 0 Å². The maximum absolute atomic E-state index is 10.6. The molecule has 0 aromatic heterocycles. The van der Waals surface area contributed by atoms with E-state index in [0.717, 1.165) is 43.5 Å². The van der Waals surface area contributed by atoms with Gasteiger partial charge in [0, 0.05) is 19.2 Å².